The third-order valence-corrected chi connectivity index (χ3v) is 4.13. The molecule has 94 valence electrons. The molecule has 0 radical (unpaired) electrons. The highest BCUT2D eigenvalue weighted by Crippen LogP contribution is 2.30. The predicted octanol–water partition coefficient (Wildman–Crippen LogP) is 1.22. The van der Waals surface area contributed by atoms with E-state index in [-0.39, 0.29) is 5.60 Å². The maximum atomic E-state index is 10.3. The maximum Gasteiger partial charge on any atom is 0.0774 e. The van der Waals surface area contributed by atoms with Crippen molar-refractivity contribution in [2.24, 2.45) is 5.92 Å². The lowest BCUT2D eigenvalue weighted by atomic mass is 9.96. The SMILES string of the molecule is CN(CC1CCNCC1)CC1(O)CCCC1. The number of likely N-dealkylation sites (N-methyl/N-ethyl adjacent to an activating group) is 1. The van der Waals surface area contributed by atoms with Crippen LogP contribution >= 0.6 is 0 Å². The molecule has 2 N–H and O–H groups in total. The highest BCUT2D eigenvalue weighted by Gasteiger charge is 2.32. The highest BCUT2D eigenvalue weighted by atomic mass is 16.3. The van der Waals surface area contributed by atoms with Crippen molar-refractivity contribution in [3.8, 4) is 0 Å². The molecule has 0 aromatic rings. The molecule has 2 aliphatic rings. The summed E-state index contributed by atoms with van der Waals surface area (Å²) in [4.78, 5) is 2.35. The van der Waals surface area contributed by atoms with Crippen LogP contribution in [0.2, 0.25) is 0 Å². The molecular formula is C13H26N2O. The Morgan fingerprint density at radius 1 is 1.25 bits per heavy atom. The van der Waals surface area contributed by atoms with Crippen LogP contribution in [-0.2, 0) is 0 Å². The zero-order valence-electron chi connectivity index (χ0n) is 10.5. The largest absolute Gasteiger partial charge is 0.389 e. The molecule has 3 nitrogen and oxygen atoms in total. The Morgan fingerprint density at radius 2 is 1.88 bits per heavy atom. The second-order valence-corrected chi connectivity index (χ2v) is 5.82. The molecule has 0 aromatic carbocycles. The van der Waals surface area contributed by atoms with E-state index in [9.17, 15) is 5.11 Å². The van der Waals surface area contributed by atoms with E-state index in [0.717, 1.165) is 31.8 Å². The molecule has 0 spiro atoms. The zero-order chi connectivity index (χ0) is 11.4. The van der Waals surface area contributed by atoms with E-state index in [2.05, 4.69) is 17.3 Å². The molecule has 0 atom stereocenters. The maximum absolute atomic E-state index is 10.3. The number of nitrogens with zero attached hydrogens (tertiary/aromatic N) is 1. The van der Waals surface area contributed by atoms with Gasteiger partial charge < -0.3 is 15.3 Å². The van der Waals surface area contributed by atoms with Gasteiger partial charge in [-0.25, -0.2) is 0 Å². The standard InChI is InChI=1S/C13H26N2O/c1-15(10-12-4-8-14-9-5-12)11-13(16)6-2-3-7-13/h12,14,16H,2-11H2,1H3. The predicted molar refractivity (Wildman–Crippen MR) is 66.5 cm³/mol. The van der Waals surface area contributed by atoms with Gasteiger partial charge in [-0.05, 0) is 51.7 Å². The lowest BCUT2D eigenvalue weighted by Gasteiger charge is -2.32. The van der Waals surface area contributed by atoms with E-state index in [1.165, 1.54) is 38.8 Å². The summed E-state index contributed by atoms with van der Waals surface area (Å²) < 4.78 is 0. The third kappa shape index (κ3) is 3.44. The summed E-state index contributed by atoms with van der Waals surface area (Å²) in [5.41, 5.74) is -0.373. The summed E-state index contributed by atoms with van der Waals surface area (Å²) in [5, 5.41) is 13.7. The molecule has 0 amide bonds. The van der Waals surface area contributed by atoms with E-state index in [0.29, 0.717) is 0 Å². The van der Waals surface area contributed by atoms with Gasteiger partial charge in [0.15, 0.2) is 0 Å². The number of nitrogens with one attached hydrogen (secondary N) is 1. The van der Waals surface area contributed by atoms with Crippen molar-refractivity contribution in [2.45, 2.75) is 44.1 Å². The minimum absolute atomic E-state index is 0.373. The van der Waals surface area contributed by atoms with Crippen molar-refractivity contribution in [1.82, 2.24) is 10.2 Å². The van der Waals surface area contributed by atoms with E-state index < -0.39 is 0 Å². The van der Waals surface area contributed by atoms with Gasteiger partial charge in [0.05, 0.1) is 5.60 Å². The fraction of sp³-hybridized carbons (Fsp3) is 1.00. The minimum Gasteiger partial charge on any atom is -0.389 e. The van der Waals surface area contributed by atoms with Crippen LogP contribution in [-0.4, -0.2) is 48.8 Å². The van der Waals surface area contributed by atoms with Crippen molar-refractivity contribution in [1.29, 1.82) is 0 Å². The first-order valence-electron chi connectivity index (χ1n) is 6.80. The smallest absolute Gasteiger partial charge is 0.0774 e. The van der Waals surface area contributed by atoms with Gasteiger partial charge in [-0.2, -0.15) is 0 Å². The molecule has 16 heavy (non-hydrogen) atoms. The molecular weight excluding hydrogens is 200 g/mol. The molecule has 0 aromatic heterocycles. The van der Waals surface area contributed by atoms with E-state index in [1.807, 2.05) is 0 Å². The lowest BCUT2D eigenvalue weighted by molar-refractivity contribution is 0.0118. The van der Waals surface area contributed by atoms with Gasteiger partial charge in [0.25, 0.3) is 0 Å². The second-order valence-electron chi connectivity index (χ2n) is 5.82. The number of piperidine rings is 1. The normalized spacial score (nSPS) is 26.4. The average molecular weight is 226 g/mol. The average Bonchev–Trinajstić information content (AvgIpc) is 2.66. The molecule has 1 saturated heterocycles. The Morgan fingerprint density at radius 3 is 2.50 bits per heavy atom. The van der Waals surface area contributed by atoms with Crippen LogP contribution < -0.4 is 5.32 Å². The van der Waals surface area contributed by atoms with Crippen LogP contribution in [0.5, 0.6) is 0 Å². The first-order chi connectivity index (χ1) is 7.68. The molecule has 3 heteroatoms. The summed E-state index contributed by atoms with van der Waals surface area (Å²) in [6.45, 7) is 4.37. The summed E-state index contributed by atoms with van der Waals surface area (Å²) in [6, 6.07) is 0. The van der Waals surface area contributed by atoms with E-state index in [1.54, 1.807) is 0 Å². The monoisotopic (exact) mass is 226 g/mol. The topological polar surface area (TPSA) is 35.5 Å². The van der Waals surface area contributed by atoms with Gasteiger partial charge in [-0.15, -0.1) is 0 Å². The van der Waals surface area contributed by atoms with Crippen LogP contribution in [0, 0.1) is 5.92 Å². The summed E-state index contributed by atoms with van der Waals surface area (Å²) in [5.74, 6) is 0.830. The zero-order valence-corrected chi connectivity index (χ0v) is 10.5. The van der Waals surface area contributed by atoms with Crippen LogP contribution in [0.4, 0.5) is 0 Å². The van der Waals surface area contributed by atoms with Crippen molar-refractivity contribution in [2.75, 3.05) is 33.2 Å². The Kier molecular flexibility index (Phi) is 4.22. The number of rotatable bonds is 4. The van der Waals surface area contributed by atoms with Gasteiger partial charge in [0.2, 0.25) is 0 Å². The van der Waals surface area contributed by atoms with Crippen LogP contribution in [0.25, 0.3) is 0 Å². The first-order valence-corrected chi connectivity index (χ1v) is 6.80. The van der Waals surface area contributed by atoms with E-state index in [4.69, 9.17) is 0 Å². The molecule has 2 fully saturated rings. The third-order valence-electron chi connectivity index (χ3n) is 4.13. The number of hydrogen-bond acceptors (Lipinski definition) is 3. The summed E-state index contributed by atoms with van der Waals surface area (Å²) in [6.07, 6.45) is 7.01. The fourth-order valence-corrected chi connectivity index (χ4v) is 3.26. The van der Waals surface area contributed by atoms with Crippen LogP contribution in [0.15, 0.2) is 0 Å². The molecule has 1 aliphatic heterocycles. The Hall–Kier alpha value is -0.120. The van der Waals surface area contributed by atoms with Gasteiger partial charge in [-0.3, -0.25) is 0 Å². The summed E-state index contributed by atoms with van der Waals surface area (Å²) >= 11 is 0. The summed E-state index contributed by atoms with van der Waals surface area (Å²) in [7, 11) is 2.17. The van der Waals surface area contributed by atoms with Crippen molar-refractivity contribution in [3.63, 3.8) is 0 Å². The molecule has 0 bridgehead atoms. The fourth-order valence-electron chi connectivity index (χ4n) is 3.26. The molecule has 2 rings (SSSR count). The van der Waals surface area contributed by atoms with E-state index >= 15 is 0 Å². The Bertz CT molecular complexity index is 208. The molecule has 0 unspecified atom stereocenters. The van der Waals surface area contributed by atoms with Gasteiger partial charge in [0, 0.05) is 13.1 Å². The Balaban J connectivity index is 1.72. The van der Waals surface area contributed by atoms with Gasteiger partial charge in [-0.1, -0.05) is 12.8 Å². The molecule has 1 saturated carbocycles. The van der Waals surface area contributed by atoms with Gasteiger partial charge in [0.1, 0.15) is 0 Å². The number of aliphatic hydroxyl groups is 1. The minimum atomic E-state index is -0.373. The second kappa shape index (κ2) is 5.48. The van der Waals surface area contributed by atoms with Crippen molar-refractivity contribution < 1.29 is 5.11 Å². The first kappa shape index (κ1) is 12.3. The van der Waals surface area contributed by atoms with Gasteiger partial charge >= 0.3 is 0 Å². The highest BCUT2D eigenvalue weighted by molar-refractivity contribution is 4.87. The lowest BCUT2D eigenvalue weighted by Crippen LogP contribution is -2.42. The Labute approximate surface area is 99.2 Å². The quantitative estimate of drug-likeness (QED) is 0.756. The molecule has 1 aliphatic carbocycles. The number of hydrogen-bond donors (Lipinski definition) is 2. The van der Waals surface area contributed by atoms with Crippen molar-refractivity contribution in [3.05, 3.63) is 0 Å². The van der Waals surface area contributed by atoms with Crippen LogP contribution in [0.1, 0.15) is 38.5 Å². The van der Waals surface area contributed by atoms with Crippen molar-refractivity contribution >= 4 is 0 Å². The molecule has 1 heterocycles. The van der Waals surface area contributed by atoms with Crippen LogP contribution in [0.3, 0.4) is 0 Å².